The molecule has 0 N–H and O–H groups in total. The second-order valence-electron chi connectivity index (χ2n) is 2.02. The van der Waals surface area contributed by atoms with Crippen LogP contribution in [0.4, 0.5) is 0 Å². The van der Waals surface area contributed by atoms with Crippen molar-refractivity contribution in [3.63, 3.8) is 0 Å². The van der Waals surface area contributed by atoms with Crippen molar-refractivity contribution < 1.29 is 0 Å². The van der Waals surface area contributed by atoms with Crippen LogP contribution in [0, 0.1) is 11.8 Å². The lowest BCUT2D eigenvalue weighted by atomic mass is 10.2. The molecular weight excluding hydrogens is 188 g/mol. The van der Waals surface area contributed by atoms with E-state index in [1.54, 1.807) is 0 Å². The van der Waals surface area contributed by atoms with Crippen molar-refractivity contribution in [1.29, 1.82) is 0 Å². The van der Waals surface area contributed by atoms with E-state index in [2.05, 4.69) is 34.3 Å². The minimum absolute atomic E-state index is 0.800. The summed E-state index contributed by atoms with van der Waals surface area (Å²) in [7, 11) is 0. The molecule has 0 atom stereocenters. The molecule has 0 unspecified atom stereocenters. The SMILES string of the molecule is C=CCCCCC#CCBr. The van der Waals surface area contributed by atoms with E-state index < -0.39 is 0 Å². The van der Waals surface area contributed by atoms with Crippen LogP contribution < -0.4 is 0 Å². The predicted molar refractivity (Wildman–Crippen MR) is 50.2 cm³/mol. The summed E-state index contributed by atoms with van der Waals surface area (Å²) in [4.78, 5) is 0. The van der Waals surface area contributed by atoms with E-state index in [0.717, 1.165) is 18.2 Å². The van der Waals surface area contributed by atoms with Crippen LogP contribution in [-0.2, 0) is 0 Å². The van der Waals surface area contributed by atoms with E-state index in [1.165, 1.54) is 12.8 Å². The zero-order valence-corrected chi connectivity index (χ0v) is 7.78. The average Bonchev–Trinajstić information content (AvgIpc) is 1.97. The molecule has 0 aromatic heterocycles. The van der Waals surface area contributed by atoms with Gasteiger partial charge in [0.05, 0.1) is 5.33 Å². The molecule has 0 amide bonds. The van der Waals surface area contributed by atoms with Gasteiger partial charge in [0.25, 0.3) is 0 Å². The molecule has 0 aromatic carbocycles. The van der Waals surface area contributed by atoms with E-state index in [1.807, 2.05) is 6.08 Å². The minimum Gasteiger partial charge on any atom is -0.103 e. The molecule has 0 spiro atoms. The van der Waals surface area contributed by atoms with Gasteiger partial charge in [-0.05, 0) is 19.3 Å². The van der Waals surface area contributed by atoms with Gasteiger partial charge < -0.3 is 0 Å². The lowest BCUT2D eigenvalue weighted by Crippen LogP contribution is -1.72. The summed E-state index contributed by atoms with van der Waals surface area (Å²) >= 11 is 3.24. The Hall–Kier alpha value is -0.220. The molecule has 0 aliphatic rings. The summed E-state index contributed by atoms with van der Waals surface area (Å²) in [5, 5.41) is 0.800. The molecule has 0 aromatic rings. The van der Waals surface area contributed by atoms with E-state index in [0.29, 0.717) is 0 Å². The molecule has 0 aliphatic carbocycles. The first-order valence-corrected chi connectivity index (χ1v) is 4.66. The highest BCUT2D eigenvalue weighted by atomic mass is 79.9. The zero-order valence-electron chi connectivity index (χ0n) is 6.20. The molecule has 56 valence electrons. The number of alkyl halides is 1. The summed E-state index contributed by atoms with van der Waals surface area (Å²) in [6, 6.07) is 0. The third-order valence-electron chi connectivity index (χ3n) is 1.15. The molecule has 10 heavy (non-hydrogen) atoms. The lowest BCUT2D eigenvalue weighted by molar-refractivity contribution is 0.773. The first-order chi connectivity index (χ1) is 4.91. The second kappa shape index (κ2) is 8.78. The van der Waals surface area contributed by atoms with Crippen LogP contribution in [-0.4, -0.2) is 5.33 Å². The van der Waals surface area contributed by atoms with Crippen LogP contribution in [0.3, 0.4) is 0 Å². The fourth-order valence-electron chi connectivity index (χ4n) is 0.638. The van der Waals surface area contributed by atoms with Crippen molar-refractivity contribution in [2.24, 2.45) is 0 Å². The Bertz CT molecular complexity index is 127. The molecule has 0 aliphatic heterocycles. The molecule has 0 radical (unpaired) electrons. The first kappa shape index (κ1) is 9.78. The molecule has 0 bridgehead atoms. The maximum Gasteiger partial charge on any atom is 0.0645 e. The van der Waals surface area contributed by atoms with Crippen molar-refractivity contribution in [3.05, 3.63) is 12.7 Å². The van der Waals surface area contributed by atoms with E-state index >= 15 is 0 Å². The number of hydrogen-bond acceptors (Lipinski definition) is 0. The van der Waals surface area contributed by atoms with Gasteiger partial charge in [-0.15, -0.1) is 12.5 Å². The highest BCUT2D eigenvalue weighted by Crippen LogP contribution is 1.98. The smallest absolute Gasteiger partial charge is 0.0645 e. The molecule has 0 fully saturated rings. The Morgan fingerprint density at radius 3 is 2.70 bits per heavy atom. The highest BCUT2D eigenvalue weighted by Gasteiger charge is 1.80. The molecule has 0 saturated heterocycles. The minimum atomic E-state index is 0.800. The van der Waals surface area contributed by atoms with E-state index in [-0.39, 0.29) is 0 Å². The Kier molecular flexibility index (Phi) is 8.59. The molecule has 0 saturated carbocycles. The van der Waals surface area contributed by atoms with Crippen LogP contribution in [0.5, 0.6) is 0 Å². The van der Waals surface area contributed by atoms with Gasteiger partial charge in [-0.1, -0.05) is 27.9 Å². The van der Waals surface area contributed by atoms with Crippen LogP contribution in [0.15, 0.2) is 12.7 Å². The molecular formula is C9H13Br. The van der Waals surface area contributed by atoms with Crippen LogP contribution in [0.2, 0.25) is 0 Å². The van der Waals surface area contributed by atoms with Gasteiger partial charge in [-0.2, -0.15) is 0 Å². The summed E-state index contributed by atoms with van der Waals surface area (Å²) in [6.07, 6.45) is 6.53. The highest BCUT2D eigenvalue weighted by molar-refractivity contribution is 9.09. The summed E-state index contributed by atoms with van der Waals surface area (Å²) in [5.74, 6) is 6.03. The predicted octanol–water partition coefficient (Wildman–Crippen LogP) is 3.13. The van der Waals surface area contributed by atoms with Crippen LogP contribution in [0.1, 0.15) is 25.7 Å². The van der Waals surface area contributed by atoms with E-state index in [9.17, 15) is 0 Å². The molecule has 0 rings (SSSR count). The largest absolute Gasteiger partial charge is 0.103 e. The van der Waals surface area contributed by atoms with Crippen molar-refractivity contribution in [2.75, 3.05) is 5.33 Å². The van der Waals surface area contributed by atoms with E-state index in [4.69, 9.17) is 0 Å². The van der Waals surface area contributed by atoms with Crippen molar-refractivity contribution in [3.8, 4) is 11.8 Å². The quantitative estimate of drug-likeness (QED) is 0.283. The third-order valence-corrected chi connectivity index (χ3v) is 1.43. The Balaban J connectivity index is 2.97. The summed E-state index contributed by atoms with van der Waals surface area (Å²) in [6.45, 7) is 3.65. The normalized spacial score (nSPS) is 8.10. The maximum atomic E-state index is 3.65. The van der Waals surface area contributed by atoms with Gasteiger partial charge in [0.1, 0.15) is 0 Å². The Labute approximate surface area is 71.8 Å². The zero-order chi connectivity index (χ0) is 7.66. The van der Waals surface area contributed by atoms with Gasteiger partial charge >= 0.3 is 0 Å². The van der Waals surface area contributed by atoms with Crippen molar-refractivity contribution >= 4 is 15.9 Å². The van der Waals surface area contributed by atoms with Gasteiger partial charge in [0.2, 0.25) is 0 Å². The summed E-state index contributed by atoms with van der Waals surface area (Å²) in [5.41, 5.74) is 0. The molecule has 1 heteroatoms. The fraction of sp³-hybridized carbons (Fsp3) is 0.556. The van der Waals surface area contributed by atoms with Crippen molar-refractivity contribution in [1.82, 2.24) is 0 Å². The number of hydrogen-bond donors (Lipinski definition) is 0. The van der Waals surface area contributed by atoms with Crippen molar-refractivity contribution in [2.45, 2.75) is 25.7 Å². The Morgan fingerprint density at radius 2 is 2.10 bits per heavy atom. The standard InChI is InChI=1S/C9H13Br/c1-2-3-4-5-6-7-8-9-10/h2H,1,3-6,9H2. The fourth-order valence-corrected chi connectivity index (χ4v) is 0.836. The van der Waals surface area contributed by atoms with Gasteiger partial charge in [0.15, 0.2) is 0 Å². The molecule has 0 nitrogen and oxygen atoms in total. The first-order valence-electron chi connectivity index (χ1n) is 3.54. The van der Waals surface area contributed by atoms with Gasteiger partial charge in [-0.25, -0.2) is 0 Å². The van der Waals surface area contributed by atoms with Gasteiger partial charge in [-0.3, -0.25) is 0 Å². The molecule has 0 heterocycles. The average molecular weight is 201 g/mol. The lowest BCUT2D eigenvalue weighted by Gasteiger charge is -1.88. The number of halogens is 1. The number of unbranched alkanes of at least 4 members (excludes halogenated alkanes) is 3. The number of rotatable bonds is 4. The summed E-state index contributed by atoms with van der Waals surface area (Å²) < 4.78 is 0. The topological polar surface area (TPSA) is 0 Å². The van der Waals surface area contributed by atoms with Gasteiger partial charge in [0, 0.05) is 6.42 Å². The number of allylic oxidation sites excluding steroid dienone is 1. The third kappa shape index (κ3) is 7.78. The van der Waals surface area contributed by atoms with Crippen LogP contribution in [0.25, 0.3) is 0 Å². The maximum absolute atomic E-state index is 3.65. The Morgan fingerprint density at radius 1 is 1.30 bits per heavy atom. The van der Waals surface area contributed by atoms with Crippen LogP contribution >= 0.6 is 15.9 Å². The monoisotopic (exact) mass is 200 g/mol. The second-order valence-corrected chi connectivity index (χ2v) is 2.58.